The molecule has 0 amide bonds. The van der Waals surface area contributed by atoms with Gasteiger partial charge in [0, 0.05) is 5.25 Å². The van der Waals surface area contributed by atoms with Crippen molar-refractivity contribution in [3.63, 3.8) is 0 Å². The lowest BCUT2D eigenvalue weighted by atomic mass is 10.3. The summed E-state index contributed by atoms with van der Waals surface area (Å²) in [6.07, 6.45) is 6.93. The smallest absolute Gasteiger partial charge is 0.00531 e. The average molecular weight is 158 g/mol. The summed E-state index contributed by atoms with van der Waals surface area (Å²) in [5, 5.41) is 0.799. The Hall–Kier alpha value is 0.0900. The molecular weight excluding hydrogens is 140 g/mol. The Kier molecular flexibility index (Phi) is 7.26. The molecule has 0 radical (unpaired) electrons. The monoisotopic (exact) mass is 158 g/mol. The summed E-state index contributed by atoms with van der Waals surface area (Å²) in [7, 11) is 0. The van der Waals surface area contributed by atoms with E-state index in [2.05, 4.69) is 32.9 Å². The number of allylic oxidation sites excluding steroid dienone is 2. The third kappa shape index (κ3) is 6.21. The fourth-order valence-corrected chi connectivity index (χ4v) is 1.62. The van der Waals surface area contributed by atoms with Gasteiger partial charge >= 0.3 is 0 Å². The molecule has 0 aliphatic carbocycles. The van der Waals surface area contributed by atoms with Crippen molar-refractivity contribution in [2.75, 3.05) is 5.75 Å². The summed E-state index contributed by atoms with van der Waals surface area (Å²) < 4.78 is 0. The quantitative estimate of drug-likeness (QED) is 0.552. The van der Waals surface area contributed by atoms with Crippen molar-refractivity contribution >= 4 is 11.8 Å². The van der Waals surface area contributed by atoms with Crippen LogP contribution in [0, 0.1) is 0 Å². The van der Waals surface area contributed by atoms with Gasteiger partial charge in [-0.3, -0.25) is 0 Å². The van der Waals surface area contributed by atoms with Crippen molar-refractivity contribution < 1.29 is 0 Å². The van der Waals surface area contributed by atoms with Crippen LogP contribution in [0.5, 0.6) is 0 Å². The molecule has 0 fully saturated rings. The molecule has 0 heterocycles. The lowest BCUT2D eigenvalue weighted by molar-refractivity contribution is 0.973. The highest BCUT2D eigenvalue weighted by molar-refractivity contribution is 7.99. The summed E-state index contributed by atoms with van der Waals surface area (Å²) in [5.74, 6) is 1.24. The van der Waals surface area contributed by atoms with Gasteiger partial charge in [0.1, 0.15) is 0 Å². The minimum absolute atomic E-state index is 0.799. The third-order valence-electron chi connectivity index (χ3n) is 1.32. The average Bonchev–Trinajstić information content (AvgIpc) is 1.89. The Morgan fingerprint density at radius 1 is 1.30 bits per heavy atom. The molecule has 0 rings (SSSR count). The zero-order valence-electron chi connectivity index (χ0n) is 7.26. The zero-order chi connectivity index (χ0) is 7.82. The second kappa shape index (κ2) is 7.20. The molecule has 60 valence electrons. The summed E-state index contributed by atoms with van der Waals surface area (Å²) in [5.41, 5.74) is 0. The van der Waals surface area contributed by atoms with Crippen molar-refractivity contribution in [1.82, 2.24) is 0 Å². The maximum absolute atomic E-state index is 2.29. The predicted octanol–water partition coefficient (Wildman–Crippen LogP) is 3.48. The molecule has 0 aliphatic heterocycles. The zero-order valence-corrected chi connectivity index (χ0v) is 8.08. The third-order valence-corrected chi connectivity index (χ3v) is 2.42. The Balaban J connectivity index is 3.20. The van der Waals surface area contributed by atoms with Crippen LogP contribution in [-0.2, 0) is 0 Å². The van der Waals surface area contributed by atoms with E-state index in [1.54, 1.807) is 0 Å². The highest BCUT2D eigenvalue weighted by atomic mass is 32.2. The summed E-state index contributed by atoms with van der Waals surface area (Å²) in [4.78, 5) is 0. The van der Waals surface area contributed by atoms with Gasteiger partial charge in [-0.05, 0) is 18.6 Å². The van der Waals surface area contributed by atoms with E-state index in [1.165, 1.54) is 18.6 Å². The van der Waals surface area contributed by atoms with Gasteiger partial charge in [-0.25, -0.2) is 0 Å². The van der Waals surface area contributed by atoms with E-state index in [0.29, 0.717) is 0 Å². The maximum Gasteiger partial charge on any atom is 0.00531 e. The molecule has 0 aliphatic rings. The van der Waals surface area contributed by atoms with Crippen LogP contribution < -0.4 is 0 Å². The second-order valence-corrected chi connectivity index (χ2v) is 4.10. The highest BCUT2D eigenvalue weighted by Crippen LogP contribution is 2.13. The van der Waals surface area contributed by atoms with Crippen LogP contribution >= 0.6 is 11.8 Å². The van der Waals surface area contributed by atoms with E-state index < -0.39 is 0 Å². The lowest BCUT2D eigenvalue weighted by Gasteiger charge is -2.04. The number of rotatable bonds is 5. The number of thioether (sulfide) groups is 1. The SMILES string of the molecule is CCC=CCC(C)SCC. The van der Waals surface area contributed by atoms with E-state index in [9.17, 15) is 0 Å². The van der Waals surface area contributed by atoms with Crippen LogP contribution in [0.1, 0.15) is 33.6 Å². The Labute approximate surface area is 69.1 Å². The first kappa shape index (κ1) is 10.1. The predicted molar refractivity (Wildman–Crippen MR) is 51.6 cm³/mol. The van der Waals surface area contributed by atoms with Crippen LogP contribution in [0.2, 0.25) is 0 Å². The minimum atomic E-state index is 0.799. The van der Waals surface area contributed by atoms with Crippen molar-refractivity contribution in [3.8, 4) is 0 Å². The van der Waals surface area contributed by atoms with E-state index in [4.69, 9.17) is 0 Å². The first-order valence-corrected chi connectivity index (χ1v) is 5.12. The molecule has 0 N–H and O–H groups in total. The summed E-state index contributed by atoms with van der Waals surface area (Å²) in [6, 6.07) is 0. The van der Waals surface area contributed by atoms with Gasteiger partial charge in [0.2, 0.25) is 0 Å². The Bertz CT molecular complexity index is 86.7. The standard InChI is InChI=1S/C9H18S/c1-4-6-7-8-9(3)10-5-2/h6-7,9H,4-5,8H2,1-3H3. The van der Waals surface area contributed by atoms with Gasteiger partial charge in [-0.15, -0.1) is 0 Å². The molecule has 1 atom stereocenters. The molecular formula is C9H18S. The van der Waals surface area contributed by atoms with Crippen molar-refractivity contribution in [1.29, 1.82) is 0 Å². The molecule has 0 spiro atoms. The van der Waals surface area contributed by atoms with Gasteiger partial charge in [-0.2, -0.15) is 11.8 Å². The maximum atomic E-state index is 2.29. The van der Waals surface area contributed by atoms with Crippen molar-refractivity contribution in [2.24, 2.45) is 0 Å². The van der Waals surface area contributed by atoms with Gasteiger partial charge in [0.05, 0.1) is 0 Å². The van der Waals surface area contributed by atoms with Gasteiger partial charge in [0.15, 0.2) is 0 Å². The summed E-state index contributed by atoms with van der Waals surface area (Å²) >= 11 is 2.03. The molecule has 0 aromatic carbocycles. The summed E-state index contributed by atoms with van der Waals surface area (Å²) in [6.45, 7) is 6.67. The molecule has 1 unspecified atom stereocenters. The molecule has 0 aromatic rings. The molecule has 0 nitrogen and oxygen atoms in total. The normalized spacial score (nSPS) is 14.3. The van der Waals surface area contributed by atoms with Gasteiger partial charge in [-0.1, -0.05) is 32.9 Å². The lowest BCUT2D eigenvalue weighted by Crippen LogP contribution is -1.92. The van der Waals surface area contributed by atoms with Crippen LogP contribution in [0.15, 0.2) is 12.2 Å². The molecule has 1 heteroatoms. The molecule has 0 aromatic heterocycles. The van der Waals surface area contributed by atoms with E-state index in [0.717, 1.165) is 5.25 Å². The van der Waals surface area contributed by atoms with Crippen LogP contribution in [0.25, 0.3) is 0 Å². The van der Waals surface area contributed by atoms with Gasteiger partial charge < -0.3 is 0 Å². The van der Waals surface area contributed by atoms with E-state index >= 15 is 0 Å². The molecule has 0 saturated heterocycles. The fourth-order valence-electron chi connectivity index (χ4n) is 0.807. The molecule has 0 bridgehead atoms. The van der Waals surface area contributed by atoms with Crippen LogP contribution in [0.4, 0.5) is 0 Å². The van der Waals surface area contributed by atoms with E-state index in [-0.39, 0.29) is 0 Å². The number of hydrogen-bond donors (Lipinski definition) is 0. The Morgan fingerprint density at radius 3 is 2.50 bits per heavy atom. The second-order valence-electron chi connectivity index (χ2n) is 2.38. The van der Waals surface area contributed by atoms with E-state index in [1.807, 2.05) is 11.8 Å². The van der Waals surface area contributed by atoms with Crippen LogP contribution in [0.3, 0.4) is 0 Å². The van der Waals surface area contributed by atoms with Crippen molar-refractivity contribution in [2.45, 2.75) is 38.9 Å². The minimum Gasteiger partial charge on any atom is -0.159 e. The number of hydrogen-bond acceptors (Lipinski definition) is 1. The molecule has 10 heavy (non-hydrogen) atoms. The first-order chi connectivity index (χ1) is 4.81. The van der Waals surface area contributed by atoms with Gasteiger partial charge in [0.25, 0.3) is 0 Å². The fraction of sp³-hybridized carbons (Fsp3) is 0.778. The highest BCUT2D eigenvalue weighted by Gasteiger charge is 1.95. The first-order valence-electron chi connectivity index (χ1n) is 4.07. The van der Waals surface area contributed by atoms with Crippen LogP contribution in [-0.4, -0.2) is 11.0 Å². The largest absolute Gasteiger partial charge is 0.159 e. The van der Waals surface area contributed by atoms with Crippen molar-refractivity contribution in [3.05, 3.63) is 12.2 Å². The topological polar surface area (TPSA) is 0 Å². The molecule has 0 saturated carbocycles. The Morgan fingerprint density at radius 2 is 2.00 bits per heavy atom.